The van der Waals surface area contributed by atoms with E-state index in [1.807, 2.05) is 0 Å². The van der Waals surface area contributed by atoms with Crippen molar-refractivity contribution in [2.45, 2.75) is 52.0 Å². The van der Waals surface area contributed by atoms with Crippen LogP contribution in [0.2, 0.25) is 0 Å². The number of ether oxygens (including phenoxy) is 1. The molecular weight excluding hydrogens is 246 g/mol. The molecule has 2 heteroatoms. The molecule has 1 rings (SSSR count). The van der Waals surface area contributed by atoms with Crippen LogP contribution in [0.4, 0.5) is 0 Å². The van der Waals surface area contributed by atoms with Crippen LogP contribution < -0.4 is 10.1 Å². The number of rotatable bonds is 11. The van der Waals surface area contributed by atoms with Crippen molar-refractivity contribution in [2.24, 2.45) is 0 Å². The first-order valence-electron chi connectivity index (χ1n) is 7.72. The fourth-order valence-corrected chi connectivity index (χ4v) is 1.96. The van der Waals surface area contributed by atoms with Gasteiger partial charge in [0.1, 0.15) is 5.75 Å². The lowest BCUT2D eigenvalue weighted by atomic mass is 10.2. The number of hydrogen-bond donors (Lipinski definition) is 1. The molecule has 1 aromatic rings. The van der Waals surface area contributed by atoms with Crippen molar-refractivity contribution in [3.63, 3.8) is 0 Å². The second kappa shape index (κ2) is 11.4. The van der Waals surface area contributed by atoms with E-state index in [1.165, 1.54) is 18.4 Å². The smallest absolute Gasteiger partial charge is 0.119 e. The molecule has 0 unspecified atom stereocenters. The summed E-state index contributed by atoms with van der Waals surface area (Å²) >= 11 is 0. The van der Waals surface area contributed by atoms with Crippen LogP contribution in [0.1, 0.15) is 51.0 Å². The summed E-state index contributed by atoms with van der Waals surface area (Å²) in [4.78, 5) is 0. The monoisotopic (exact) mass is 273 g/mol. The average Bonchev–Trinajstić information content (AvgIpc) is 2.49. The van der Waals surface area contributed by atoms with Crippen molar-refractivity contribution in [2.75, 3.05) is 13.2 Å². The van der Waals surface area contributed by atoms with Gasteiger partial charge in [0.2, 0.25) is 0 Å². The molecule has 0 fully saturated rings. The summed E-state index contributed by atoms with van der Waals surface area (Å²) in [6.45, 7) is 4.96. The van der Waals surface area contributed by atoms with Gasteiger partial charge in [0, 0.05) is 13.0 Å². The summed E-state index contributed by atoms with van der Waals surface area (Å²) in [5.74, 6) is 3.64. The minimum atomic E-state index is 0.820. The molecule has 1 N–H and O–H groups in total. The zero-order chi connectivity index (χ0) is 14.5. The van der Waals surface area contributed by atoms with Crippen LogP contribution >= 0.6 is 0 Å². The van der Waals surface area contributed by atoms with Crippen LogP contribution in [0.3, 0.4) is 0 Å². The minimum absolute atomic E-state index is 0.820. The van der Waals surface area contributed by atoms with E-state index in [-0.39, 0.29) is 0 Å². The van der Waals surface area contributed by atoms with Gasteiger partial charge in [-0.1, -0.05) is 31.9 Å². The highest BCUT2D eigenvalue weighted by molar-refractivity contribution is 5.27. The first-order chi connectivity index (χ1) is 9.86. The molecule has 0 saturated heterocycles. The predicted octanol–water partition coefficient (Wildman–Crippen LogP) is 4.15. The Kier molecular flexibility index (Phi) is 9.44. The summed E-state index contributed by atoms with van der Waals surface area (Å²) in [7, 11) is 0. The number of terminal acetylenes is 1. The van der Waals surface area contributed by atoms with Crippen molar-refractivity contribution in [1.82, 2.24) is 5.32 Å². The molecule has 2 nitrogen and oxygen atoms in total. The molecular formula is C18H27NO. The Hall–Kier alpha value is -1.46. The number of hydrogen-bond acceptors (Lipinski definition) is 2. The molecule has 0 atom stereocenters. The van der Waals surface area contributed by atoms with Crippen LogP contribution in [0.5, 0.6) is 5.75 Å². The van der Waals surface area contributed by atoms with Gasteiger partial charge < -0.3 is 10.1 Å². The molecule has 0 aliphatic rings. The third kappa shape index (κ3) is 7.86. The van der Waals surface area contributed by atoms with Gasteiger partial charge in [-0.25, -0.2) is 0 Å². The van der Waals surface area contributed by atoms with Crippen LogP contribution in [0.15, 0.2) is 24.3 Å². The minimum Gasteiger partial charge on any atom is -0.494 e. The van der Waals surface area contributed by atoms with Gasteiger partial charge in [-0.05, 0) is 43.5 Å². The Morgan fingerprint density at radius 3 is 2.60 bits per heavy atom. The van der Waals surface area contributed by atoms with E-state index in [1.54, 1.807) is 0 Å². The SMILES string of the molecule is C#CCCCCNCc1ccc(OCCCCC)cc1. The Morgan fingerprint density at radius 1 is 1.10 bits per heavy atom. The maximum Gasteiger partial charge on any atom is 0.119 e. The standard InChI is InChI=1S/C18H27NO/c1-3-5-7-8-14-19-16-17-10-12-18(13-11-17)20-15-9-6-4-2/h1,10-13,19H,4-9,14-16H2,2H3. The lowest BCUT2D eigenvalue weighted by Gasteiger charge is -2.08. The summed E-state index contributed by atoms with van der Waals surface area (Å²) < 4.78 is 5.69. The summed E-state index contributed by atoms with van der Waals surface area (Å²) in [5, 5.41) is 3.43. The van der Waals surface area contributed by atoms with Crippen molar-refractivity contribution in [3.05, 3.63) is 29.8 Å². The fourth-order valence-electron chi connectivity index (χ4n) is 1.96. The molecule has 0 bridgehead atoms. The Labute approximate surface area is 123 Å². The molecule has 0 amide bonds. The molecule has 20 heavy (non-hydrogen) atoms. The molecule has 110 valence electrons. The van der Waals surface area contributed by atoms with Gasteiger partial charge >= 0.3 is 0 Å². The zero-order valence-corrected chi connectivity index (χ0v) is 12.7. The molecule has 0 radical (unpaired) electrons. The van der Waals surface area contributed by atoms with Crippen LogP contribution in [-0.4, -0.2) is 13.2 Å². The van der Waals surface area contributed by atoms with E-state index in [0.29, 0.717) is 0 Å². The lowest BCUT2D eigenvalue weighted by molar-refractivity contribution is 0.306. The molecule has 0 aliphatic carbocycles. The summed E-state index contributed by atoms with van der Waals surface area (Å²) in [6.07, 6.45) is 12.0. The van der Waals surface area contributed by atoms with E-state index in [9.17, 15) is 0 Å². The lowest BCUT2D eigenvalue weighted by Crippen LogP contribution is -2.14. The van der Waals surface area contributed by atoms with Crippen molar-refractivity contribution in [1.29, 1.82) is 0 Å². The second-order valence-electron chi connectivity index (χ2n) is 5.04. The van der Waals surface area contributed by atoms with E-state index < -0.39 is 0 Å². The molecule has 1 aromatic carbocycles. The molecule has 0 heterocycles. The highest BCUT2D eigenvalue weighted by Gasteiger charge is 1.96. The topological polar surface area (TPSA) is 21.3 Å². The van der Waals surface area contributed by atoms with Gasteiger partial charge in [-0.15, -0.1) is 12.3 Å². The molecule has 0 saturated carbocycles. The van der Waals surface area contributed by atoms with Crippen molar-refractivity contribution in [3.8, 4) is 18.1 Å². The zero-order valence-electron chi connectivity index (χ0n) is 12.7. The maximum absolute atomic E-state index is 5.69. The molecule has 0 aromatic heterocycles. The quantitative estimate of drug-likeness (QED) is 0.483. The van der Waals surface area contributed by atoms with E-state index in [4.69, 9.17) is 11.2 Å². The third-order valence-electron chi connectivity index (χ3n) is 3.19. The Morgan fingerprint density at radius 2 is 1.90 bits per heavy atom. The van der Waals surface area contributed by atoms with Gasteiger partial charge in [0.15, 0.2) is 0 Å². The Balaban J connectivity index is 2.13. The van der Waals surface area contributed by atoms with Crippen LogP contribution in [0.25, 0.3) is 0 Å². The van der Waals surface area contributed by atoms with Gasteiger partial charge in [-0.3, -0.25) is 0 Å². The predicted molar refractivity (Wildman–Crippen MR) is 85.9 cm³/mol. The van der Waals surface area contributed by atoms with Crippen molar-refractivity contribution < 1.29 is 4.74 Å². The summed E-state index contributed by atoms with van der Waals surface area (Å²) in [5.41, 5.74) is 1.29. The van der Waals surface area contributed by atoms with E-state index in [2.05, 4.69) is 42.4 Å². The van der Waals surface area contributed by atoms with Gasteiger partial charge in [0.05, 0.1) is 6.61 Å². The maximum atomic E-state index is 5.69. The fraction of sp³-hybridized carbons (Fsp3) is 0.556. The average molecular weight is 273 g/mol. The number of nitrogens with one attached hydrogen (secondary N) is 1. The van der Waals surface area contributed by atoms with Gasteiger partial charge in [-0.2, -0.15) is 0 Å². The van der Waals surface area contributed by atoms with Crippen LogP contribution in [0, 0.1) is 12.3 Å². The molecule has 0 aliphatic heterocycles. The van der Waals surface area contributed by atoms with E-state index >= 15 is 0 Å². The van der Waals surface area contributed by atoms with Crippen LogP contribution in [-0.2, 0) is 6.54 Å². The Bertz CT molecular complexity index is 377. The number of benzene rings is 1. The highest BCUT2D eigenvalue weighted by atomic mass is 16.5. The van der Waals surface area contributed by atoms with E-state index in [0.717, 1.165) is 51.1 Å². The second-order valence-corrected chi connectivity index (χ2v) is 5.04. The largest absolute Gasteiger partial charge is 0.494 e. The first-order valence-corrected chi connectivity index (χ1v) is 7.72. The third-order valence-corrected chi connectivity index (χ3v) is 3.19. The normalized spacial score (nSPS) is 10.2. The van der Waals surface area contributed by atoms with Gasteiger partial charge in [0.25, 0.3) is 0 Å². The first kappa shape index (κ1) is 16.6. The van der Waals surface area contributed by atoms with Crippen molar-refractivity contribution >= 4 is 0 Å². The highest BCUT2D eigenvalue weighted by Crippen LogP contribution is 2.12. The number of unbranched alkanes of at least 4 members (excludes halogenated alkanes) is 4. The summed E-state index contributed by atoms with van der Waals surface area (Å²) in [6, 6.07) is 8.37. The molecule has 0 spiro atoms.